The zero-order valence-corrected chi connectivity index (χ0v) is 11.9. The third-order valence-corrected chi connectivity index (χ3v) is 3.48. The van der Waals surface area contributed by atoms with Crippen LogP contribution in [0.3, 0.4) is 0 Å². The molecule has 0 unspecified atom stereocenters. The number of hydrogen-bond donors (Lipinski definition) is 2. The molecule has 0 saturated heterocycles. The predicted molar refractivity (Wildman–Crippen MR) is 83.7 cm³/mol. The van der Waals surface area contributed by atoms with Gasteiger partial charge in [0.2, 0.25) is 0 Å². The lowest BCUT2D eigenvalue weighted by molar-refractivity contribution is 0.445. The van der Waals surface area contributed by atoms with Crippen molar-refractivity contribution >= 4 is 11.2 Å². The van der Waals surface area contributed by atoms with Crippen LogP contribution in [0, 0.1) is 5.82 Å². The normalized spacial score (nSPS) is 11.0. The highest BCUT2D eigenvalue weighted by atomic mass is 19.1. The van der Waals surface area contributed by atoms with Gasteiger partial charge in [0.25, 0.3) is 0 Å². The molecule has 0 bridgehead atoms. The molecule has 3 N–H and O–H groups in total. The van der Waals surface area contributed by atoms with Crippen molar-refractivity contribution in [1.29, 1.82) is 0 Å². The number of rotatable bonds is 3. The van der Waals surface area contributed by atoms with Crippen molar-refractivity contribution in [3.05, 3.63) is 60.9 Å². The molecule has 0 spiro atoms. The number of nitrogens with one attached hydrogen (secondary N) is 1. The molecule has 0 saturated carbocycles. The number of nitrogens with two attached hydrogens (primary N) is 1. The van der Waals surface area contributed by atoms with Crippen LogP contribution in [-0.2, 0) is 0 Å². The van der Waals surface area contributed by atoms with Gasteiger partial charge in [0, 0.05) is 35.3 Å². The number of aromatic amines is 1. The van der Waals surface area contributed by atoms with E-state index in [1.165, 1.54) is 12.1 Å². The van der Waals surface area contributed by atoms with Crippen LogP contribution in [-0.4, -0.2) is 19.8 Å². The number of pyridine rings is 1. The van der Waals surface area contributed by atoms with E-state index >= 15 is 0 Å². The highest BCUT2D eigenvalue weighted by molar-refractivity contribution is 5.70. The van der Waals surface area contributed by atoms with Gasteiger partial charge in [-0.3, -0.25) is 5.10 Å². The van der Waals surface area contributed by atoms with E-state index in [1.807, 2.05) is 12.3 Å². The highest BCUT2D eigenvalue weighted by Crippen LogP contribution is 2.32. The van der Waals surface area contributed by atoms with Gasteiger partial charge >= 0.3 is 0 Å². The molecule has 0 radical (unpaired) electrons. The van der Waals surface area contributed by atoms with Crippen LogP contribution >= 0.6 is 0 Å². The Hall–Kier alpha value is -3.35. The molecule has 23 heavy (non-hydrogen) atoms. The van der Waals surface area contributed by atoms with Crippen molar-refractivity contribution in [2.45, 2.75) is 0 Å². The van der Waals surface area contributed by atoms with Crippen molar-refractivity contribution < 1.29 is 9.13 Å². The predicted octanol–water partition coefficient (Wildman–Crippen LogP) is 3.24. The standard InChI is InChI=1S/C16H12FN5O/c17-13-6-12(18)1-2-15(13)23-16-5-10(11-7-19-20-8-11)9-22-14(16)3-4-21-22/h1-9H,18H2,(H,19,20). The summed E-state index contributed by atoms with van der Waals surface area (Å²) in [7, 11) is 0. The number of fused-ring (bicyclic) bond motifs is 1. The minimum Gasteiger partial charge on any atom is -0.452 e. The van der Waals surface area contributed by atoms with Gasteiger partial charge < -0.3 is 10.5 Å². The molecule has 3 aromatic heterocycles. The zero-order valence-electron chi connectivity index (χ0n) is 11.9. The lowest BCUT2D eigenvalue weighted by Crippen LogP contribution is -1.95. The number of halogens is 1. The Kier molecular flexibility index (Phi) is 2.97. The summed E-state index contributed by atoms with van der Waals surface area (Å²) >= 11 is 0. The van der Waals surface area contributed by atoms with Crippen LogP contribution in [0.15, 0.2) is 55.1 Å². The molecule has 0 atom stereocenters. The van der Waals surface area contributed by atoms with Gasteiger partial charge in [-0.2, -0.15) is 10.2 Å². The van der Waals surface area contributed by atoms with E-state index in [-0.39, 0.29) is 5.75 Å². The maximum atomic E-state index is 14.0. The van der Waals surface area contributed by atoms with Crippen LogP contribution in [0.25, 0.3) is 16.6 Å². The van der Waals surface area contributed by atoms with E-state index < -0.39 is 5.82 Å². The van der Waals surface area contributed by atoms with Gasteiger partial charge in [0.15, 0.2) is 17.3 Å². The Morgan fingerprint density at radius 1 is 1.13 bits per heavy atom. The third-order valence-electron chi connectivity index (χ3n) is 3.48. The van der Waals surface area contributed by atoms with E-state index in [0.717, 1.165) is 16.6 Å². The summed E-state index contributed by atoms with van der Waals surface area (Å²) in [4.78, 5) is 0. The number of nitrogens with zero attached hydrogens (tertiary/aromatic N) is 3. The summed E-state index contributed by atoms with van der Waals surface area (Å²) in [6.45, 7) is 0. The quantitative estimate of drug-likeness (QED) is 0.569. The summed E-state index contributed by atoms with van der Waals surface area (Å²) in [6, 6.07) is 7.93. The van der Waals surface area contributed by atoms with E-state index in [9.17, 15) is 4.39 Å². The Bertz CT molecular complexity index is 977. The number of nitrogen functional groups attached to an aromatic ring is 1. The average Bonchev–Trinajstić information content (AvgIpc) is 3.20. The maximum Gasteiger partial charge on any atom is 0.167 e. The molecule has 0 aliphatic carbocycles. The molecular formula is C16H12FN5O. The minimum absolute atomic E-state index is 0.103. The first-order valence-electron chi connectivity index (χ1n) is 6.90. The fourth-order valence-electron chi connectivity index (χ4n) is 2.36. The second-order valence-electron chi connectivity index (χ2n) is 5.03. The second-order valence-corrected chi connectivity index (χ2v) is 5.03. The molecule has 0 amide bonds. The first-order valence-corrected chi connectivity index (χ1v) is 6.90. The van der Waals surface area contributed by atoms with Gasteiger partial charge in [0.05, 0.1) is 12.4 Å². The first kappa shape index (κ1) is 13.3. The molecule has 7 heteroatoms. The summed E-state index contributed by atoms with van der Waals surface area (Å²) in [5.41, 5.74) is 8.36. The summed E-state index contributed by atoms with van der Waals surface area (Å²) < 4.78 is 21.4. The molecule has 0 aliphatic heterocycles. The number of aromatic nitrogens is 4. The molecule has 0 fully saturated rings. The van der Waals surface area contributed by atoms with E-state index in [4.69, 9.17) is 10.5 Å². The highest BCUT2D eigenvalue weighted by Gasteiger charge is 2.12. The molecule has 114 valence electrons. The van der Waals surface area contributed by atoms with Crippen molar-refractivity contribution in [3.63, 3.8) is 0 Å². The molecule has 4 aromatic rings. The van der Waals surface area contributed by atoms with Crippen molar-refractivity contribution in [2.24, 2.45) is 0 Å². The molecule has 6 nitrogen and oxygen atoms in total. The van der Waals surface area contributed by atoms with E-state index in [2.05, 4.69) is 15.3 Å². The van der Waals surface area contributed by atoms with E-state index in [0.29, 0.717) is 11.4 Å². The number of anilines is 1. The van der Waals surface area contributed by atoms with Crippen molar-refractivity contribution in [2.75, 3.05) is 5.73 Å². The number of hydrogen-bond acceptors (Lipinski definition) is 4. The van der Waals surface area contributed by atoms with Crippen molar-refractivity contribution in [1.82, 2.24) is 19.8 Å². The Balaban J connectivity index is 1.83. The average molecular weight is 309 g/mol. The smallest absolute Gasteiger partial charge is 0.167 e. The minimum atomic E-state index is -0.517. The zero-order chi connectivity index (χ0) is 15.8. The number of H-pyrrole nitrogens is 1. The largest absolute Gasteiger partial charge is 0.452 e. The monoisotopic (exact) mass is 309 g/mol. The molecular weight excluding hydrogens is 297 g/mol. The van der Waals surface area contributed by atoms with Crippen LogP contribution in [0.2, 0.25) is 0 Å². The number of benzene rings is 1. The van der Waals surface area contributed by atoms with Crippen molar-refractivity contribution in [3.8, 4) is 22.6 Å². The summed E-state index contributed by atoms with van der Waals surface area (Å²) in [5, 5.41) is 10.9. The summed E-state index contributed by atoms with van der Waals surface area (Å²) in [5.74, 6) is 0.0768. The van der Waals surface area contributed by atoms with Crippen LogP contribution in [0.4, 0.5) is 10.1 Å². The lowest BCUT2D eigenvalue weighted by atomic mass is 10.1. The van der Waals surface area contributed by atoms with Crippen LogP contribution in [0.5, 0.6) is 11.5 Å². The van der Waals surface area contributed by atoms with Crippen LogP contribution in [0.1, 0.15) is 0 Å². The molecule has 3 heterocycles. The Labute approximate surface area is 130 Å². The SMILES string of the molecule is Nc1ccc(Oc2cc(-c3cn[nH]c3)cn3nccc23)c(F)c1. The first-order chi connectivity index (χ1) is 11.2. The molecule has 1 aromatic carbocycles. The van der Waals surface area contributed by atoms with Gasteiger partial charge in [-0.05, 0) is 24.3 Å². The molecule has 4 rings (SSSR count). The molecule has 0 aliphatic rings. The fraction of sp³-hybridized carbons (Fsp3) is 0. The van der Waals surface area contributed by atoms with Gasteiger partial charge in [-0.15, -0.1) is 0 Å². The van der Waals surface area contributed by atoms with E-state index in [1.54, 1.807) is 35.2 Å². The lowest BCUT2D eigenvalue weighted by Gasteiger charge is -2.10. The third kappa shape index (κ3) is 2.38. The van der Waals surface area contributed by atoms with Gasteiger partial charge in [-0.1, -0.05) is 0 Å². The second kappa shape index (κ2) is 5.13. The maximum absolute atomic E-state index is 14.0. The Morgan fingerprint density at radius 2 is 2.04 bits per heavy atom. The van der Waals surface area contributed by atoms with Crippen LogP contribution < -0.4 is 10.5 Å². The summed E-state index contributed by atoms with van der Waals surface area (Å²) in [6.07, 6.45) is 6.96. The Morgan fingerprint density at radius 3 is 2.83 bits per heavy atom. The topological polar surface area (TPSA) is 81.2 Å². The van der Waals surface area contributed by atoms with Gasteiger partial charge in [0.1, 0.15) is 5.52 Å². The number of ether oxygens (including phenoxy) is 1. The van der Waals surface area contributed by atoms with Gasteiger partial charge in [-0.25, -0.2) is 8.91 Å². The fourth-order valence-corrected chi connectivity index (χ4v) is 2.36.